The number of aliphatic hydroxyl groups is 12. The Balaban J connectivity index is 1.69. The molecule has 2 saturated heterocycles. The monoisotopic (exact) mass is 725 g/mol. The predicted molar refractivity (Wildman–Crippen MR) is 145 cm³/mol. The molecule has 17 atom stereocenters. The molecule has 24 nitrogen and oxygen atoms in total. The molecule has 1 aliphatic carbocycles. The molecule has 2 heterocycles. The normalized spacial score (nSPS) is 40.4. The van der Waals surface area contributed by atoms with Crippen LogP contribution < -0.4 is 5.32 Å². The van der Waals surface area contributed by atoms with E-state index in [4.69, 9.17) is 34.2 Å². The van der Waals surface area contributed by atoms with Gasteiger partial charge in [-0.2, -0.15) is 4.89 Å². The van der Waals surface area contributed by atoms with Crippen molar-refractivity contribution in [2.75, 3.05) is 26.4 Å². The Morgan fingerprint density at radius 2 is 1.53 bits per heavy atom. The minimum atomic E-state index is -2.08. The summed E-state index contributed by atoms with van der Waals surface area (Å²) in [4.78, 5) is 17.1. The molecule has 24 heteroatoms. The Morgan fingerprint density at radius 3 is 2.12 bits per heavy atom. The van der Waals surface area contributed by atoms with E-state index < -0.39 is 136 Å². The maximum Gasteiger partial charge on any atom is 0.195 e. The van der Waals surface area contributed by atoms with Gasteiger partial charge in [-0.15, -0.1) is 0 Å². The zero-order valence-electron chi connectivity index (χ0n) is 25.6. The Labute approximate surface area is 275 Å². The molecule has 49 heavy (non-hydrogen) atoms. The van der Waals surface area contributed by atoms with E-state index in [1.54, 1.807) is 0 Å². The number of rotatable bonds is 18. The lowest BCUT2D eigenvalue weighted by Crippen LogP contribution is -2.68. The third-order valence-corrected chi connectivity index (χ3v) is 8.15. The Morgan fingerprint density at radius 1 is 0.857 bits per heavy atom. The maximum atomic E-state index is 12.4. The first-order valence-corrected chi connectivity index (χ1v) is 14.7. The molecule has 3 aliphatic rings. The lowest BCUT2D eigenvalue weighted by molar-refractivity contribution is -0.756. The van der Waals surface area contributed by atoms with Gasteiger partial charge in [0.1, 0.15) is 73.2 Å². The zero-order valence-corrected chi connectivity index (χ0v) is 25.6. The SMILES string of the molecule is CC1OC(OC2C(CO)OC(OC(C(=O)C(O)CO)C(O)CO)C(O)C2O)C(O)C(O)C1NC1C=C(CO)C(OOOOOO)C(O)C1O. The summed E-state index contributed by atoms with van der Waals surface area (Å²) in [6, 6.07) is -2.40. The lowest BCUT2D eigenvalue weighted by atomic mass is 9.86. The molecule has 0 aromatic heterocycles. The number of nitrogens with one attached hydrogen (secondary N) is 1. The van der Waals surface area contributed by atoms with Crippen molar-refractivity contribution in [2.24, 2.45) is 0 Å². The molecule has 0 aromatic carbocycles. The second-order valence-corrected chi connectivity index (χ2v) is 11.3. The van der Waals surface area contributed by atoms with Crippen LogP contribution in [0, 0.1) is 0 Å². The summed E-state index contributed by atoms with van der Waals surface area (Å²) >= 11 is 0. The molecule has 0 bridgehead atoms. The first-order chi connectivity index (χ1) is 23.2. The molecule has 0 amide bonds. The van der Waals surface area contributed by atoms with Crippen molar-refractivity contribution in [3.8, 4) is 0 Å². The number of aliphatic hydroxyl groups excluding tert-OH is 12. The van der Waals surface area contributed by atoms with E-state index in [1.807, 2.05) is 0 Å². The summed E-state index contributed by atoms with van der Waals surface area (Å²) in [5.74, 6) is -1.30. The van der Waals surface area contributed by atoms with Gasteiger partial charge >= 0.3 is 0 Å². The van der Waals surface area contributed by atoms with Crippen LogP contribution in [-0.4, -0.2) is 203 Å². The highest BCUT2D eigenvalue weighted by molar-refractivity contribution is 5.87. The molecule has 0 aromatic rings. The summed E-state index contributed by atoms with van der Waals surface area (Å²) in [7, 11) is 0. The number of hydrogen-bond donors (Lipinski definition) is 14. The highest BCUT2D eigenvalue weighted by Crippen LogP contribution is 2.31. The van der Waals surface area contributed by atoms with Gasteiger partial charge in [0, 0.05) is 0 Å². The fraction of sp³-hybridized carbons (Fsp3) is 0.880. The van der Waals surface area contributed by atoms with E-state index in [0.29, 0.717) is 0 Å². The number of hydrogen-bond acceptors (Lipinski definition) is 24. The van der Waals surface area contributed by atoms with Crippen molar-refractivity contribution in [3.05, 3.63) is 11.6 Å². The van der Waals surface area contributed by atoms with Gasteiger partial charge in [-0.25, -0.2) is 5.26 Å². The molecule has 0 spiro atoms. The van der Waals surface area contributed by atoms with E-state index in [-0.39, 0.29) is 5.57 Å². The second kappa shape index (κ2) is 19.4. The van der Waals surface area contributed by atoms with Gasteiger partial charge in [-0.1, -0.05) is 6.08 Å². The molecular weight excluding hydrogens is 682 g/mol. The minimum Gasteiger partial charge on any atom is -0.394 e. The molecule has 17 unspecified atom stereocenters. The largest absolute Gasteiger partial charge is 0.394 e. The summed E-state index contributed by atoms with van der Waals surface area (Å²) in [6.07, 6.45) is -25.6. The number of ether oxygens (including phenoxy) is 4. The highest BCUT2D eigenvalue weighted by atomic mass is 17.8. The van der Waals surface area contributed by atoms with Crippen LogP contribution in [0.5, 0.6) is 0 Å². The fourth-order valence-electron chi connectivity index (χ4n) is 5.48. The standard InChI is InChI=1S/C25H43NO23/c1-7-13(26-9-2-8(3-27)21(17(36)14(9)33)45-47-49-48-46-40)16(35)19(38)24(41-7)44-23-12(6-30)42-25(20(39)18(23)37)43-22(11(32)5-29)15(34)10(31)4-28/h2,7,9-14,16-33,35-40H,3-6H2,1H3. The van der Waals surface area contributed by atoms with E-state index in [9.17, 15) is 61.0 Å². The van der Waals surface area contributed by atoms with Gasteiger partial charge in [0.15, 0.2) is 18.4 Å². The van der Waals surface area contributed by atoms with Crippen LogP contribution in [0.3, 0.4) is 0 Å². The van der Waals surface area contributed by atoms with Crippen molar-refractivity contribution < 1.29 is 115 Å². The molecule has 286 valence electrons. The van der Waals surface area contributed by atoms with Gasteiger partial charge in [0.2, 0.25) is 0 Å². The van der Waals surface area contributed by atoms with Gasteiger partial charge in [0.25, 0.3) is 0 Å². The first-order valence-electron chi connectivity index (χ1n) is 14.7. The third-order valence-electron chi connectivity index (χ3n) is 8.15. The molecule has 2 fully saturated rings. The average Bonchev–Trinajstić information content (AvgIpc) is 3.10. The molecule has 0 radical (unpaired) electrons. The van der Waals surface area contributed by atoms with Crippen molar-refractivity contribution in [2.45, 2.75) is 111 Å². The molecule has 0 saturated carbocycles. The van der Waals surface area contributed by atoms with Gasteiger partial charge in [-0.3, -0.25) is 4.79 Å². The van der Waals surface area contributed by atoms with Gasteiger partial charge < -0.3 is 85.5 Å². The van der Waals surface area contributed by atoms with Crippen LogP contribution >= 0.6 is 0 Å². The van der Waals surface area contributed by atoms with Crippen molar-refractivity contribution in [3.63, 3.8) is 0 Å². The Bertz CT molecular complexity index is 1040. The van der Waals surface area contributed by atoms with Crippen LogP contribution in [0.4, 0.5) is 0 Å². The van der Waals surface area contributed by atoms with Crippen LogP contribution in [0.1, 0.15) is 6.92 Å². The summed E-state index contributed by atoms with van der Waals surface area (Å²) in [5, 5.41) is 148. The Hall–Kier alpha value is -1.51. The number of carbonyl (C=O) groups excluding carboxylic acids is 1. The van der Waals surface area contributed by atoms with Crippen LogP contribution in [0.15, 0.2) is 11.6 Å². The topological polar surface area (TPSA) is 375 Å². The van der Waals surface area contributed by atoms with Crippen LogP contribution in [-0.2, 0) is 48.8 Å². The summed E-state index contributed by atoms with van der Waals surface area (Å²) in [5.41, 5.74) is -0.0576. The van der Waals surface area contributed by atoms with Crippen molar-refractivity contribution >= 4 is 5.78 Å². The lowest BCUT2D eigenvalue weighted by Gasteiger charge is -2.48. The summed E-state index contributed by atoms with van der Waals surface area (Å²) < 4.78 is 22.0. The number of Topliss-reactive ketones (excluding diaryl/α,β-unsaturated/α-hetero) is 1. The van der Waals surface area contributed by atoms with Crippen molar-refractivity contribution in [1.82, 2.24) is 5.32 Å². The zero-order chi connectivity index (χ0) is 36.6. The molecule has 3 rings (SSSR count). The maximum absolute atomic E-state index is 12.4. The van der Waals surface area contributed by atoms with E-state index in [0.717, 1.165) is 0 Å². The van der Waals surface area contributed by atoms with Crippen LogP contribution in [0.2, 0.25) is 0 Å². The van der Waals surface area contributed by atoms with E-state index in [1.165, 1.54) is 13.0 Å². The first kappa shape index (κ1) is 41.9. The highest BCUT2D eigenvalue weighted by Gasteiger charge is 2.52. The van der Waals surface area contributed by atoms with Gasteiger partial charge in [-0.05, 0) is 32.6 Å². The van der Waals surface area contributed by atoms with Crippen LogP contribution in [0.25, 0.3) is 0 Å². The molecule has 14 N–H and O–H groups in total. The molecular formula is C25H43NO23. The number of ketones is 1. The van der Waals surface area contributed by atoms with E-state index >= 15 is 0 Å². The number of carbonyl (C=O) groups is 1. The third kappa shape index (κ3) is 9.88. The fourth-order valence-corrected chi connectivity index (χ4v) is 5.48. The quantitative estimate of drug-likeness (QED) is 0.0270. The second-order valence-electron chi connectivity index (χ2n) is 11.3. The van der Waals surface area contributed by atoms with Gasteiger partial charge in [0.05, 0.1) is 44.6 Å². The summed E-state index contributed by atoms with van der Waals surface area (Å²) in [6.45, 7) is -2.38. The predicted octanol–water partition coefficient (Wildman–Crippen LogP) is -8.50. The minimum absolute atomic E-state index is 0.0576. The van der Waals surface area contributed by atoms with E-state index in [2.05, 4.69) is 25.5 Å². The Kier molecular flexibility index (Phi) is 16.6. The molecule has 2 aliphatic heterocycles. The smallest absolute Gasteiger partial charge is 0.195 e. The average molecular weight is 726 g/mol. The van der Waals surface area contributed by atoms with Crippen molar-refractivity contribution in [1.29, 1.82) is 0 Å².